The van der Waals surface area contributed by atoms with E-state index in [1.54, 1.807) is 13.2 Å². The highest BCUT2D eigenvalue weighted by atomic mass is 32.1. The Balaban J connectivity index is 1.61. The smallest absolute Gasteiger partial charge is 0.508 e. The lowest BCUT2D eigenvalue weighted by molar-refractivity contribution is -0.274. The summed E-state index contributed by atoms with van der Waals surface area (Å²) < 4.78 is 48.0. The number of halogens is 3. The van der Waals surface area contributed by atoms with Crippen molar-refractivity contribution in [3.8, 4) is 27.8 Å². The minimum atomic E-state index is -4.92. The second-order valence-electron chi connectivity index (χ2n) is 6.75. The summed E-state index contributed by atoms with van der Waals surface area (Å²) in [6.07, 6.45) is -4.92. The van der Waals surface area contributed by atoms with E-state index in [1.165, 1.54) is 23.5 Å². The molecule has 4 rings (SSSR count). The molecule has 1 N–H and O–H groups in total. The lowest BCUT2D eigenvalue weighted by Gasteiger charge is -2.10. The molecule has 0 unspecified atom stereocenters. The number of ether oxygens (including phenoxy) is 2. The van der Waals surface area contributed by atoms with E-state index in [9.17, 15) is 18.3 Å². The van der Waals surface area contributed by atoms with E-state index in [1.807, 2.05) is 37.3 Å². The van der Waals surface area contributed by atoms with Crippen LogP contribution in [0.4, 0.5) is 24.5 Å². The van der Waals surface area contributed by atoms with Crippen molar-refractivity contribution >= 4 is 32.9 Å². The van der Waals surface area contributed by atoms with E-state index < -0.39 is 12.1 Å². The summed E-state index contributed by atoms with van der Waals surface area (Å²) in [5, 5.41) is 18.2. The molecule has 1 aromatic heterocycles. The molecule has 6 nitrogen and oxygen atoms in total. The molecule has 3 aromatic carbocycles. The zero-order valence-corrected chi connectivity index (χ0v) is 17.7. The van der Waals surface area contributed by atoms with Crippen LogP contribution in [0.2, 0.25) is 0 Å². The average Bonchev–Trinajstić information content (AvgIpc) is 3.16. The molecule has 164 valence electrons. The molecule has 1 heterocycles. The largest absolute Gasteiger partial charge is 0.573 e. The van der Waals surface area contributed by atoms with E-state index in [2.05, 4.69) is 19.9 Å². The fourth-order valence-corrected chi connectivity index (χ4v) is 3.95. The Morgan fingerprint density at radius 1 is 0.969 bits per heavy atom. The van der Waals surface area contributed by atoms with Gasteiger partial charge in [0.05, 0.1) is 23.0 Å². The van der Waals surface area contributed by atoms with Crippen molar-refractivity contribution in [1.82, 2.24) is 4.98 Å². The van der Waals surface area contributed by atoms with Crippen LogP contribution >= 0.6 is 11.3 Å². The average molecular weight is 459 g/mol. The molecule has 0 atom stereocenters. The Labute approximate surface area is 184 Å². The Morgan fingerprint density at radius 2 is 1.72 bits per heavy atom. The number of hydrogen-bond donors (Lipinski definition) is 1. The molecule has 0 bridgehead atoms. The zero-order valence-electron chi connectivity index (χ0n) is 16.8. The highest BCUT2D eigenvalue weighted by molar-refractivity contribution is 7.21. The molecular weight excluding hydrogens is 443 g/mol. The van der Waals surface area contributed by atoms with Crippen molar-refractivity contribution in [2.45, 2.75) is 13.3 Å². The Hall–Kier alpha value is -3.66. The van der Waals surface area contributed by atoms with Crippen molar-refractivity contribution in [3.63, 3.8) is 0 Å². The van der Waals surface area contributed by atoms with Gasteiger partial charge in [-0.2, -0.15) is 5.11 Å². The first kappa shape index (κ1) is 21.6. The lowest BCUT2D eigenvalue weighted by atomic mass is 10.1. The molecule has 0 amide bonds. The summed E-state index contributed by atoms with van der Waals surface area (Å²) >= 11 is 1.52. The minimum absolute atomic E-state index is 0.163. The highest BCUT2D eigenvalue weighted by Gasteiger charge is 2.32. The molecule has 0 aliphatic carbocycles. The van der Waals surface area contributed by atoms with E-state index >= 15 is 0 Å². The number of aryl methyl sites for hydroxylation is 1. The van der Waals surface area contributed by atoms with Gasteiger partial charge in [0.15, 0.2) is 5.75 Å². The van der Waals surface area contributed by atoms with Crippen LogP contribution in [-0.2, 0) is 0 Å². The first-order valence-corrected chi connectivity index (χ1v) is 10.1. The number of nitrogens with zero attached hydrogens (tertiary/aromatic N) is 3. The third-order valence-corrected chi connectivity index (χ3v) is 5.54. The number of thiazole rings is 1. The summed E-state index contributed by atoms with van der Waals surface area (Å²) in [7, 11) is 1.61. The number of aromatic hydroxyl groups is 1. The monoisotopic (exact) mass is 459 g/mol. The van der Waals surface area contributed by atoms with Crippen LogP contribution in [0, 0.1) is 6.92 Å². The van der Waals surface area contributed by atoms with Crippen LogP contribution in [-0.4, -0.2) is 23.6 Å². The van der Waals surface area contributed by atoms with Gasteiger partial charge in [0.25, 0.3) is 0 Å². The van der Waals surface area contributed by atoms with Gasteiger partial charge in [-0.15, -0.1) is 29.6 Å². The number of hydrogen-bond acceptors (Lipinski definition) is 7. The summed E-state index contributed by atoms with van der Waals surface area (Å²) in [5.74, 6) is -0.264. The first-order chi connectivity index (χ1) is 15.2. The van der Waals surface area contributed by atoms with Crippen molar-refractivity contribution < 1.29 is 27.8 Å². The Kier molecular flexibility index (Phi) is 5.70. The SMILES string of the molecule is COc1ccc2nc(-c3ccc(N=Nc4ccc(O)cc4OC(F)(F)F)c(C)c3)sc2c1. The van der Waals surface area contributed by atoms with Crippen molar-refractivity contribution in [1.29, 1.82) is 0 Å². The lowest BCUT2D eigenvalue weighted by Crippen LogP contribution is -2.17. The summed E-state index contributed by atoms with van der Waals surface area (Å²) in [6.45, 7) is 1.82. The topological polar surface area (TPSA) is 76.3 Å². The number of fused-ring (bicyclic) bond motifs is 1. The molecule has 0 fully saturated rings. The van der Waals surface area contributed by atoms with Gasteiger partial charge < -0.3 is 14.6 Å². The Bertz CT molecular complexity index is 1320. The van der Waals surface area contributed by atoms with Crippen LogP contribution in [0.25, 0.3) is 20.8 Å². The number of rotatable bonds is 5. The van der Waals surface area contributed by atoms with Gasteiger partial charge >= 0.3 is 6.36 Å². The normalized spacial score (nSPS) is 11.9. The molecule has 0 spiro atoms. The van der Waals surface area contributed by atoms with Crippen molar-refractivity contribution in [2.75, 3.05) is 7.11 Å². The standard InChI is InChI=1S/C22H16F3N3O3S/c1-12-9-13(21-26-18-8-5-15(30-2)11-20(18)32-21)3-6-16(12)27-28-17-7-4-14(29)10-19(17)31-22(23,24)25/h3-11,29H,1-2H3. The number of phenolic OH excluding ortho intramolecular Hbond substituents is 1. The van der Waals surface area contributed by atoms with Crippen LogP contribution in [0.15, 0.2) is 64.8 Å². The molecule has 0 aliphatic rings. The number of azo groups is 1. The van der Waals surface area contributed by atoms with Gasteiger partial charge in [0.1, 0.15) is 22.2 Å². The number of methoxy groups -OCH3 is 1. The second-order valence-corrected chi connectivity index (χ2v) is 7.78. The van der Waals surface area contributed by atoms with Gasteiger partial charge in [0, 0.05) is 11.6 Å². The maximum absolute atomic E-state index is 12.6. The Morgan fingerprint density at radius 3 is 2.44 bits per heavy atom. The molecule has 4 aromatic rings. The molecule has 0 radical (unpaired) electrons. The van der Waals surface area contributed by atoms with Crippen LogP contribution in [0.3, 0.4) is 0 Å². The van der Waals surface area contributed by atoms with Gasteiger partial charge in [-0.25, -0.2) is 4.98 Å². The van der Waals surface area contributed by atoms with E-state index in [0.717, 1.165) is 38.2 Å². The second kappa shape index (κ2) is 8.46. The highest BCUT2D eigenvalue weighted by Crippen LogP contribution is 2.37. The molecule has 32 heavy (non-hydrogen) atoms. The van der Waals surface area contributed by atoms with Gasteiger partial charge in [0.2, 0.25) is 0 Å². The van der Waals surface area contributed by atoms with Crippen LogP contribution in [0.1, 0.15) is 5.56 Å². The number of benzene rings is 3. The third kappa shape index (κ3) is 4.80. The van der Waals surface area contributed by atoms with E-state index in [4.69, 9.17) is 4.74 Å². The maximum atomic E-state index is 12.6. The first-order valence-electron chi connectivity index (χ1n) is 9.28. The molecule has 0 aliphatic heterocycles. The van der Waals surface area contributed by atoms with E-state index in [-0.39, 0.29) is 11.4 Å². The minimum Gasteiger partial charge on any atom is -0.508 e. The van der Waals surface area contributed by atoms with Gasteiger partial charge in [-0.1, -0.05) is 0 Å². The van der Waals surface area contributed by atoms with Crippen LogP contribution < -0.4 is 9.47 Å². The predicted molar refractivity (Wildman–Crippen MR) is 115 cm³/mol. The number of aromatic nitrogens is 1. The number of phenols is 1. The number of alkyl halides is 3. The quantitative estimate of drug-likeness (QED) is 0.318. The summed E-state index contributed by atoms with van der Waals surface area (Å²) in [6, 6.07) is 14.3. The summed E-state index contributed by atoms with van der Waals surface area (Å²) in [4.78, 5) is 4.64. The van der Waals surface area contributed by atoms with E-state index in [0.29, 0.717) is 5.69 Å². The molecule has 0 saturated carbocycles. The molecular formula is C22H16F3N3O3S. The molecule has 10 heteroatoms. The maximum Gasteiger partial charge on any atom is 0.573 e. The van der Waals surface area contributed by atoms with Gasteiger partial charge in [-0.05, 0) is 61.0 Å². The van der Waals surface area contributed by atoms with Crippen molar-refractivity contribution in [3.05, 3.63) is 60.2 Å². The fraction of sp³-hybridized carbons (Fsp3) is 0.136. The van der Waals surface area contributed by atoms with Crippen molar-refractivity contribution in [2.24, 2.45) is 10.2 Å². The third-order valence-electron chi connectivity index (χ3n) is 4.47. The van der Waals surface area contributed by atoms with Crippen LogP contribution in [0.5, 0.6) is 17.2 Å². The van der Waals surface area contributed by atoms with Gasteiger partial charge in [-0.3, -0.25) is 0 Å². The zero-order chi connectivity index (χ0) is 22.9. The predicted octanol–water partition coefficient (Wildman–Crippen LogP) is 7.30. The molecule has 0 saturated heterocycles. The fourth-order valence-electron chi connectivity index (χ4n) is 2.96. The summed E-state index contributed by atoms with van der Waals surface area (Å²) in [5.41, 5.74) is 2.82.